The average molecular weight is 263 g/mol. The van der Waals surface area contributed by atoms with Crippen LogP contribution in [0.5, 0.6) is 5.75 Å². The van der Waals surface area contributed by atoms with Crippen molar-refractivity contribution in [2.45, 2.75) is 32.7 Å². The summed E-state index contributed by atoms with van der Waals surface area (Å²) in [6, 6.07) is 8.85. The van der Waals surface area contributed by atoms with Crippen LogP contribution in [0.1, 0.15) is 38.3 Å². The van der Waals surface area contributed by atoms with Crippen LogP contribution in [0.4, 0.5) is 0 Å². The summed E-state index contributed by atoms with van der Waals surface area (Å²) in [6.07, 6.45) is 2.33. The lowest BCUT2D eigenvalue weighted by Crippen LogP contribution is -2.23. The molecule has 1 aliphatic heterocycles. The Kier molecular flexibility index (Phi) is 5.67. The zero-order valence-corrected chi connectivity index (χ0v) is 12.0. The summed E-state index contributed by atoms with van der Waals surface area (Å²) >= 11 is 0. The molecule has 0 saturated carbocycles. The molecule has 1 fully saturated rings. The minimum Gasteiger partial charge on any atom is -0.494 e. The van der Waals surface area contributed by atoms with Crippen LogP contribution in [0.2, 0.25) is 0 Å². The van der Waals surface area contributed by atoms with E-state index >= 15 is 0 Å². The highest BCUT2D eigenvalue weighted by Gasteiger charge is 2.21. The van der Waals surface area contributed by atoms with Gasteiger partial charge in [0.05, 0.1) is 6.61 Å². The van der Waals surface area contributed by atoms with Gasteiger partial charge < -0.3 is 14.8 Å². The van der Waals surface area contributed by atoms with E-state index in [1.54, 1.807) is 0 Å². The molecule has 3 nitrogen and oxygen atoms in total. The first kappa shape index (κ1) is 14.4. The lowest BCUT2D eigenvalue weighted by atomic mass is 9.94. The summed E-state index contributed by atoms with van der Waals surface area (Å²) in [4.78, 5) is 0. The maximum Gasteiger partial charge on any atom is 0.119 e. The number of nitrogens with one attached hydrogen (secondary N) is 1. The molecule has 0 aromatic heterocycles. The summed E-state index contributed by atoms with van der Waals surface area (Å²) < 4.78 is 11.1. The highest BCUT2D eigenvalue weighted by atomic mass is 16.5. The van der Waals surface area contributed by atoms with Crippen LogP contribution in [0.3, 0.4) is 0 Å². The van der Waals surface area contributed by atoms with Gasteiger partial charge in [-0.05, 0) is 49.9 Å². The van der Waals surface area contributed by atoms with E-state index in [-0.39, 0.29) is 0 Å². The second-order valence-corrected chi connectivity index (χ2v) is 5.08. The molecule has 0 spiro atoms. The van der Waals surface area contributed by atoms with Crippen LogP contribution in [0.25, 0.3) is 0 Å². The predicted molar refractivity (Wildman–Crippen MR) is 77.6 cm³/mol. The largest absolute Gasteiger partial charge is 0.494 e. The van der Waals surface area contributed by atoms with Crippen molar-refractivity contribution in [3.63, 3.8) is 0 Å². The summed E-state index contributed by atoms with van der Waals surface area (Å²) in [7, 11) is 0. The van der Waals surface area contributed by atoms with Crippen molar-refractivity contribution >= 4 is 0 Å². The molecule has 19 heavy (non-hydrogen) atoms. The lowest BCUT2D eigenvalue weighted by molar-refractivity contribution is 0.181. The number of benzene rings is 1. The first-order valence-corrected chi connectivity index (χ1v) is 7.37. The fourth-order valence-electron chi connectivity index (χ4n) is 2.67. The Hall–Kier alpha value is -1.06. The van der Waals surface area contributed by atoms with Gasteiger partial charge in [0.1, 0.15) is 5.75 Å². The highest BCUT2D eigenvalue weighted by molar-refractivity contribution is 5.30. The zero-order valence-electron chi connectivity index (χ0n) is 12.0. The van der Waals surface area contributed by atoms with Crippen molar-refractivity contribution in [1.29, 1.82) is 0 Å². The molecule has 2 rings (SSSR count). The van der Waals surface area contributed by atoms with Gasteiger partial charge in [-0.2, -0.15) is 0 Å². The molecule has 2 unspecified atom stereocenters. The number of hydrogen-bond acceptors (Lipinski definition) is 3. The SMILES string of the molecule is CCNC(CC1CCOC1)c1cccc(OCC)c1. The van der Waals surface area contributed by atoms with Crippen molar-refractivity contribution < 1.29 is 9.47 Å². The monoisotopic (exact) mass is 263 g/mol. The van der Waals surface area contributed by atoms with E-state index in [1.807, 2.05) is 13.0 Å². The third-order valence-electron chi connectivity index (χ3n) is 3.62. The maximum atomic E-state index is 5.59. The topological polar surface area (TPSA) is 30.5 Å². The Labute approximate surface area is 116 Å². The van der Waals surface area contributed by atoms with Gasteiger partial charge in [0, 0.05) is 19.3 Å². The van der Waals surface area contributed by atoms with Crippen molar-refractivity contribution in [2.24, 2.45) is 5.92 Å². The molecule has 2 atom stereocenters. The number of ether oxygens (including phenoxy) is 2. The molecule has 1 aliphatic rings. The van der Waals surface area contributed by atoms with Crippen LogP contribution in [0, 0.1) is 5.92 Å². The van der Waals surface area contributed by atoms with Crippen molar-refractivity contribution in [1.82, 2.24) is 5.32 Å². The summed E-state index contributed by atoms with van der Waals surface area (Å²) in [5, 5.41) is 3.58. The molecule has 3 heteroatoms. The van der Waals surface area contributed by atoms with Crippen molar-refractivity contribution in [2.75, 3.05) is 26.4 Å². The van der Waals surface area contributed by atoms with Gasteiger partial charge in [-0.1, -0.05) is 19.1 Å². The summed E-state index contributed by atoms with van der Waals surface area (Å²) in [5.41, 5.74) is 1.32. The first-order valence-electron chi connectivity index (χ1n) is 7.37. The molecule has 1 aromatic carbocycles. The smallest absolute Gasteiger partial charge is 0.119 e. The standard InChI is InChI=1S/C16H25NO2/c1-3-17-16(10-13-8-9-18-12-13)14-6-5-7-15(11-14)19-4-2/h5-7,11,13,16-17H,3-4,8-10,12H2,1-2H3. The molecular weight excluding hydrogens is 238 g/mol. The highest BCUT2D eigenvalue weighted by Crippen LogP contribution is 2.28. The van der Waals surface area contributed by atoms with Crippen LogP contribution in [-0.4, -0.2) is 26.4 Å². The summed E-state index contributed by atoms with van der Waals surface area (Å²) in [5.74, 6) is 1.64. The first-order chi connectivity index (χ1) is 9.33. The summed E-state index contributed by atoms with van der Waals surface area (Å²) in [6.45, 7) is 7.70. The van der Waals surface area contributed by atoms with E-state index in [4.69, 9.17) is 9.47 Å². The van der Waals surface area contributed by atoms with Crippen molar-refractivity contribution in [3.8, 4) is 5.75 Å². The lowest BCUT2D eigenvalue weighted by Gasteiger charge is -2.21. The van der Waals surface area contributed by atoms with Gasteiger partial charge in [0.25, 0.3) is 0 Å². The van der Waals surface area contributed by atoms with E-state index in [1.165, 1.54) is 12.0 Å². The van der Waals surface area contributed by atoms with Crippen LogP contribution in [-0.2, 0) is 4.74 Å². The Morgan fingerprint density at radius 3 is 3.00 bits per heavy atom. The van der Waals surface area contributed by atoms with Gasteiger partial charge in [-0.3, -0.25) is 0 Å². The second-order valence-electron chi connectivity index (χ2n) is 5.08. The van der Waals surface area contributed by atoms with Gasteiger partial charge in [0.2, 0.25) is 0 Å². The van der Waals surface area contributed by atoms with Gasteiger partial charge in [-0.15, -0.1) is 0 Å². The van der Waals surface area contributed by atoms with Gasteiger partial charge >= 0.3 is 0 Å². The van der Waals surface area contributed by atoms with Gasteiger partial charge in [0.15, 0.2) is 0 Å². The molecule has 0 aliphatic carbocycles. The minimum absolute atomic E-state index is 0.400. The Bertz CT molecular complexity index is 375. The fourth-order valence-corrected chi connectivity index (χ4v) is 2.67. The third-order valence-corrected chi connectivity index (χ3v) is 3.62. The molecule has 1 heterocycles. The van der Waals surface area contributed by atoms with E-state index in [2.05, 4.69) is 30.4 Å². The molecule has 106 valence electrons. The quantitative estimate of drug-likeness (QED) is 0.819. The molecular formula is C16H25NO2. The van der Waals surface area contributed by atoms with Crippen molar-refractivity contribution in [3.05, 3.63) is 29.8 Å². The van der Waals surface area contributed by atoms with E-state index < -0.39 is 0 Å². The van der Waals surface area contributed by atoms with E-state index in [0.717, 1.165) is 31.9 Å². The molecule has 1 aromatic rings. The normalized spacial score (nSPS) is 20.4. The predicted octanol–water partition coefficient (Wildman–Crippen LogP) is 3.16. The van der Waals surface area contributed by atoms with Gasteiger partial charge in [-0.25, -0.2) is 0 Å². The Morgan fingerprint density at radius 2 is 2.32 bits per heavy atom. The molecule has 0 amide bonds. The van der Waals surface area contributed by atoms with Crippen LogP contribution in [0.15, 0.2) is 24.3 Å². The molecule has 1 N–H and O–H groups in total. The number of hydrogen-bond donors (Lipinski definition) is 1. The number of rotatable bonds is 7. The zero-order chi connectivity index (χ0) is 13.5. The van der Waals surface area contributed by atoms with Crippen LogP contribution >= 0.6 is 0 Å². The van der Waals surface area contributed by atoms with E-state index in [9.17, 15) is 0 Å². The van der Waals surface area contributed by atoms with Crippen LogP contribution < -0.4 is 10.1 Å². The second kappa shape index (κ2) is 7.51. The fraction of sp³-hybridized carbons (Fsp3) is 0.625. The molecule has 0 bridgehead atoms. The Balaban J connectivity index is 2.05. The average Bonchev–Trinajstić information content (AvgIpc) is 2.92. The maximum absolute atomic E-state index is 5.59. The Morgan fingerprint density at radius 1 is 1.42 bits per heavy atom. The minimum atomic E-state index is 0.400. The molecule has 0 radical (unpaired) electrons. The third kappa shape index (κ3) is 4.22. The molecule has 1 saturated heterocycles. The van der Waals surface area contributed by atoms with E-state index in [0.29, 0.717) is 18.6 Å².